The third kappa shape index (κ3) is 4.42. The van der Waals surface area contributed by atoms with Crippen molar-refractivity contribution in [3.8, 4) is 0 Å². The van der Waals surface area contributed by atoms with Gasteiger partial charge in [-0.15, -0.1) is 0 Å². The normalized spacial score (nSPS) is 26.6. The largest absolute Gasteiger partial charge is 0.391 e. The fraction of sp³-hybridized carbons (Fsp3) is 0.824. The molecule has 0 radical (unpaired) electrons. The van der Waals surface area contributed by atoms with Crippen molar-refractivity contribution in [1.29, 1.82) is 0 Å². The molecule has 1 N–H and O–H groups in total. The van der Waals surface area contributed by atoms with Crippen molar-refractivity contribution >= 4 is 10.0 Å². The molecule has 1 aromatic heterocycles. The van der Waals surface area contributed by atoms with Crippen molar-refractivity contribution in [2.75, 3.05) is 32.9 Å². The number of likely N-dealkylation sites (tertiary alicyclic amines) is 1. The summed E-state index contributed by atoms with van der Waals surface area (Å²) in [5.74, 6) is -0.238. The second-order valence-electron chi connectivity index (χ2n) is 7.67. The molecule has 0 aromatic carbocycles. The lowest BCUT2D eigenvalue weighted by molar-refractivity contribution is 0.147. The predicted molar refractivity (Wildman–Crippen MR) is 96.6 cm³/mol. The molecule has 0 amide bonds. The third-order valence-electron chi connectivity index (χ3n) is 5.56. The van der Waals surface area contributed by atoms with Crippen LogP contribution in [0.15, 0.2) is 12.5 Å². The minimum Gasteiger partial charge on any atom is -0.391 e. The number of rotatable bonds is 6. The maximum Gasteiger partial charge on any atom is 0.214 e. The van der Waals surface area contributed by atoms with Crippen LogP contribution in [0.1, 0.15) is 43.8 Å². The monoisotopic (exact) mass is 370 g/mol. The van der Waals surface area contributed by atoms with Gasteiger partial charge >= 0.3 is 0 Å². The van der Waals surface area contributed by atoms with Crippen molar-refractivity contribution in [3.05, 3.63) is 18.2 Å². The molecule has 1 saturated carbocycles. The van der Waals surface area contributed by atoms with E-state index in [4.69, 9.17) is 0 Å². The number of nitrogens with zero attached hydrogens (tertiary/aromatic N) is 4. The van der Waals surface area contributed by atoms with Crippen LogP contribution in [0.25, 0.3) is 0 Å². The summed E-state index contributed by atoms with van der Waals surface area (Å²) in [6.07, 6.45) is 9.51. The van der Waals surface area contributed by atoms with E-state index in [1.165, 1.54) is 50.5 Å². The van der Waals surface area contributed by atoms with Crippen molar-refractivity contribution in [2.45, 2.75) is 50.8 Å². The summed E-state index contributed by atoms with van der Waals surface area (Å²) < 4.78 is 27.7. The van der Waals surface area contributed by atoms with Gasteiger partial charge in [-0.1, -0.05) is 19.3 Å². The van der Waals surface area contributed by atoms with Gasteiger partial charge < -0.3 is 9.67 Å². The summed E-state index contributed by atoms with van der Waals surface area (Å²) in [5, 5.41) is 10.3. The van der Waals surface area contributed by atoms with Gasteiger partial charge in [-0.05, 0) is 12.8 Å². The van der Waals surface area contributed by atoms with Gasteiger partial charge in [0.25, 0.3) is 0 Å². The number of aromatic nitrogens is 2. The first-order valence-corrected chi connectivity index (χ1v) is 10.8. The zero-order chi connectivity index (χ0) is 18.0. The van der Waals surface area contributed by atoms with Gasteiger partial charge in [-0.3, -0.25) is 4.90 Å². The minimum atomic E-state index is -3.30. The lowest BCUT2D eigenvalue weighted by Gasteiger charge is -2.26. The summed E-state index contributed by atoms with van der Waals surface area (Å²) in [5.41, 5.74) is 1.16. The molecule has 1 aliphatic carbocycles. The summed E-state index contributed by atoms with van der Waals surface area (Å²) >= 11 is 0. The molecule has 2 heterocycles. The maximum atomic E-state index is 12.1. The van der Waals surface area contributed by atoms with E-state index in [1.54, 1.807) is 0 Å². The van der Waals surface area contributed by atoms with Gasteiger partial charge in [0.15, 0.2) is 0 Å². The second-order valence-corrected chi connectivity index (χ2v) is 9.89. The highest BCUT2D eigenvalue weighted by Crippen LogP contribution is 2.30. The zero-order valence-electron chi connectivity index (χ0n) is 15.2. The first-order chi connectivity index (χ1) is 11.9. The first-order valence-electron chi connectivity index (χ1n) is 9.18. The van der Waals surface area contributed by atoms with Crippen LogP contribution in [-0.4, -0.2) is 71.3 Å². The van der Waals surface area contributed by atoms with Crippen LogP contribution in [0, 0.1) is 5.92 Å². The zero-order valence-corrected chi connectivity index (χ0v) is 16.0. The molecule has 25 heavy (non-hydrogen) atoms. The Hall–Kier alpha value is -0.960. The van der Waals surface area contributed by atoms with Crippen LogP contribution in [0.2, 0.25) is 0 Å². The van der Waals surface area contributed by atoms with Gasteiger partial charge in [0.1, 0.15) is 0 Å². The van der Waals surface area contributed by atoms with Crippen LogP contribution in [0.3, 0.4) is 0 Å². The number of hydrogen-bond acceptors (Lipinski definition) is 5. The Morgan fingerprint density at radius 3 is 2.64 bits per heavy atom. The van der Waals surface area contributed by atoms with Gasteiger partial charge in [0.05, 0.1) is 23.9 Å². The average molecular weight is 371 g/mol. The molecule has 1 aromatic rings. The molecule has 0 unspecified atom stereocenters. The van der Waals surface area contributed by atoms with E-state index < -0.39 is 16.1 Å². The van der Waals surface area contributed by atoms with E-state index in [0.717, 1.165) is 5.69 Å². The van der Waals surface area contributed by atoms with E-state index in [0.29, 0.717) is 25.7 Å². The quantitative estimate of drug-likeness (QED) is 0.810. The Morgan fingerprint density at radius 1 is 1.24 bits per heavy atom. The number of imidazole rings is 1. The SMILES string of the molecule is CN(C)S(=O)(=O)C[C@@H]1CN(Cc2cncn2C2CCCCC2)C[C@@H]1O. The number of sulfonamides is 1. The molecule has 2 atom stereocenters. The topological polar surface area (TPSA) is 78.7 Å². The van der Waals surface area contributed by atoms with Gasteiger partial charge in [-0.2, -0.15) is 0 Å². The van der Waals surface area contributed by atoms with E-state index in [2.05, 4.69) is 14.5 Å². The molecule has 0 bridgehead atoms. The molecule has 142 valence electrons. The van der Waals surface area contributed by atoms with E-state index in [1.807, 2.05) is 12.5 Å². The third-order valence-corrected chi connectivity index (χ3v) is 7.53. The summed E-state index contributed by atoms with van der Waals surface area (Å²) in [7, 11) is -0.218. The molecule has 1 saturated heterocycles. The second kappa shape index (κ2) is 7.73. The van der Waals surface area contributed by atoms with E-state index in [-0.39, 0.29) is 11.7 Å². The number of hydrogen-bond donors (Lipinski definition) is 1. The Morgan fingerprint density at radius 2 is 1.96 bits per heavy atom. The van der Waals surface area contributed by atoms with E-state index >= 15 is 0 Å². The predicted octanol–water partition coefficient (Wildman–Crippen LogP) is 1.07. The standard InChI is InChI=1S/C17H30N4O3S/c1-19(2)25(23,24)12-14-9-20(11-17(14)22)10-16-8-18-13-21(16)15-6-4-3-5-7-15/h8,13-15,17,22H,3-7,9-12H2,1-2H3/t14-,17-/m0/s1. The molecule has 3 rings (SSSR count). The molecule has 7 nitrogen and oxygen atoms in total. The smallest absolute Gasteiger partial charge is 0.214 e. The van der Waals surface area contributed by atoms with Gasteiger partial charge in [0, 0.05) is 51.9 Å². The fourth-order valence-corrected chi connectivity index (χ4v) is 5.19. The Bertz CT molecular complexity index is 667. The van der Waals surface area contributed by atoms with Crippen LogP contribution in [0.4, 0.5) is 0 Å². The average Bonchev–Trinajstić information content (AvgIpc) is 3.15. The van der Waals surface area contributed by atoms with Crippen LogP contribution in [-0.2, 0) is 16.6 Å². The van der Waals surface area contributed by atoms with Crippen molar-refractivity contribution in [2.24, 2.45) is 5.92 Å². The highest BCUT2D eigenvalue weighted by Gasteiger charge is 2.35. The summed E-state index contributed by atoms with van der Waals surface area (Å²) in [6, 6.07) is 0.531. The molecule has 2 fully saturated rings. The lowest BCUT2D eigenvalue weighted by Crippen LogP contribution is -2.33. The summed E-state index contributed by atoms with van der Waals surface area (Å²) in [6.45, 7) is 1.83. The van der Waals surface area contributed by atoms with E-state index in [9.17, 15) is 13.5 Å². The molecular formula is C17H30N4O3S. The molecule has 1 aliphatic heterocycles. The van der Waals surface area contributed by atoms with Crippen LogP contribution in [0.5, 0.6) is 0 Å². The summed E-state index contributed by atoms with van der Waals surface area (Å²) in [4.78, 5) is 6.48. The van der Waals surface area contributed by atoms with Crippen molar-refractivity contribution in [1.82, 2.24) is 18.8 Å². The number of aliphatic hydroxyl groups is 1. The maximum absolute atomic E-state index is 12.1. The van der Waals surface area contributed by atoms with Gasteiger partial charge in [0.2, 0.25) is 10.0 Å². The first kappa shape index (κ1) is 18.8. The Labute approximate surface area is 150 Å². The Balaban J connectivity index is 1.62. The fourth-order valence-electron chi connectivity index (χ4n) is 4.03. The minimum absolute atomic E-state index is 0.000443. The van der Waals surface area contributed by atoms with Crippen molar-refractivity contribution < 1.29 is 13.5 Å². The number of β-amino-alcohol motifs (C(OH)–C–C–N with tert-alkyl or cyclic N) is 1. The molecule has 2 aliphatic rings. The van der Waals surface area contributed by atoms with Crippen LogP contribution >= 0.6 is 0 Å². The number of aliphatic hydroxyl groups excluding tert-OH is 1. The molecule has 8 heteroatoms. The molecular weight excluding hydrogens is 340 g/mol. The highest BCUT2D eigenvalue weighted by atomic mass is 32.2. The van der Waals surface area contributed by atoms with Crippen molar-refractivity contribution in [3.63, 3.8) is 0 Å². The highest BCUT2D eigenvalue weighted by molar-refractivity contribution is 7.89. The Kier molecular flexibility index (Phi) is 5.82. The lowest BCUT2D eigenvalue weighted by atomic mass is 9.95. The van der Waals surface area contributed by atoms with Gasteiger partial charge in [-0.25, -0.2) is 17.7 Å². The molecule has 0 spiro atoms. The van der Waals surface area contributed by atoms with Crippen LogP contribution < -0.4 is 0 Å².